The summed E-state index contributed by atoms with van der Waals surface area (Å²) in [6, 6.07) is 0. The molecule has 0 aliphatic carbocycles. The van der Waals surface area contributed by atoms with Gasteiger partial charge in [0.1, 0.15) is 0 Å². The van der Waals surface area contributed by atoms with Gasteiger partial charge in [-0.1, -0.05) is 0 Å². The number of hydrogen-bond acceptors (Lipinski definition) is 4. The van der Waals surface area contributed by atoms with Crippen molar-refractivity contribution in [2.24, 2.45) is 0 Å². The molecular formula is AlO4PPb+2. The quantitative estimate of drug-likeness (QED) is 0.340. The number of hydrogen-bond donors (Lipinski definition) is 0. The van der Waals surface area contributed by atoms with E-state index in [2.05, 4.69) is 0 Å². The molecular weight excluding hydrogens is 329 g/mol. The van der Waals surface area contributed by atoms with Crippen molar-refractivity contribution in [1.29, 1.82) is 0 Å². The minimum absolute atomic E-state index is 0. The van der Waals surface area contributed by atoms with Gasteiger partial charge in [-0.05, 0) is 0 Å². The maximum atomic E-state index is 8.55. The van der Waals surface area contributed by atoms with Gasteiger partial charge in [0, 0.05) is 0 Å². The Morgan fingerprint density at radius 3 is 1.14 bits per heavy atom. The zero-order valence-corrected chi connectivity index (χ0v) is 9.09. The molecule has 0 rings (SSSR count). The maximum Gasteiger partial charge on any atom is 3.00 e. The predicted octanol–water partition coefficient (Wildman–Crippen LogP) is -3.59. The van der Waals surface area contributed by atoms with Crippen LogP contribution in [0.4, 0.5) is 0 Å². The maximum absolute atomic E-state index is 8.55. The zero-order chi connectivity index (χ0) is 4.50. The van der Waals surface area contributed by atoms with E-state index in [0.29, 0.717) is 0 Å². The Bertz CT molecular complexity index is 57.8. The molecule has 7 heteroatoms. The van der Waals surface area contributed by atoms with E-state index in [0.717, 1.165) is 0 Å². The van der Waals surface area contributed by atoms with Crippen LogP contribution in [0.2, 0.25) is 0 Å². The van der Waals surface area contributed by atoms with Crippen LogP contribution in [0.15, 0.2) is 0 Å². The minimum atomic E-state index is -5.39. The Morgan fingerprint density at radius 1 is 1.14 bits per heavy atom. The van der Waals surface area contributed by atoms with Gasteiger partial charge in [0.15, 0.2) is 0 Å². The summed E-state index contributed by atoms with van der Waals surface area (Å²) in [4.78, 5) is 25.6. The van der Waals surface area contributed by atoms with Gasteiger partial charge in [-0.2, -0.15) is 7.82 Å². The SMILES string of the molecule is O=P([O-])([O-])[O-].[Al+3].[Pb+2]. The van der Waals surface area contributed by atoms with Gasteiger partial charge < -0.3 is 19.2 Å². The molecule has 4 nitrogen and oxygen atoms in total. The van der Waals surface area contributed by atoms with Gasteiger partial charge in [0.25, 0.3) is 0 Å². The third-order valence-corrected chi connectivity index (χ3v) is 0. The fraction of sp³-hybridized carbons (Fsp3) is 0. The first-order valence-corrected chi connectivity index (χ1v) is 2.19. The summed E-state index contributed by atoms with van der Waals surface area (Å²) in [6.07, 6.45) is 0. The van der Waals surface area contributed by atoms with Crippen molar-refractivity contribution < 1.29 is 19.2 Å². The van der Waals surface area contributed by atoms with Crippen LogP contribution < -0.4 is 14.7 Å². The summed E-state index contributed by atoms with van der Waals surface area (Å²) in [5.74, 6) is 0. The average molecular weight is 329 g/mol. The molecule has 34 valence electrons. The summed E-state index contributed by atoms with van der Waals surface area (Å²) < 4.78 is 8.55. The van der Waals surface area contributed by atoms with Crippen molar-refractivity contribution in [2.75, 3.05) is 0 Å². The van der Waals surface area contributed by atoms with E-state index in [1.165, 1.54) is 0 Å². The van der Waals surface area contributed by atoms with E-state index < -0.39 is 7.82 Å². The van der Waals surface area contributed by atoms with E-state index in [9.17, 15) is 0 Å². The molecule has 0 atom stereocenters. The number of rotatable bonds is 0. The fourth-order valence-electron chi connectivity index (χ4n) is 0. The second-order valence-corrected chi connectivity index (χ2v) is 1.34. The monoisotopic (exact) mass is 330 g/mol. The zero-order valence-electron chi connectivity index (χ0n) is 3.16. The van der Waals surface area contributed by atoms with Gasteiger partial charge >= 0.3 is 44.7 Å². The van der Waals surface area contributed by atoms with Gasteiger partial charge in [-0.25, -0.2) is 0 Å². The van der Waals surface area contributed by atoms with Crippen molar-refractivity contribution in [3.63, 3.8) is 0 Å². The summed E-state index contributed by atoms with van der Waals surface area (Å²) >= 11 is 0. The molecule has 0 saturated heterocycles. The normalized spacial score (nSPS) is 8.43. The average Bonchev–Trinajstić information content (AvgIpc) is 0.722. The Balaban J connectivity index is -0.0000000800. The molecule has 0 fully saturated rings. The smallest absolute Gasteiger partial charge is 0.822 e. The van der Waals surface area contributed by atoms with Crippen molar-refractivity contribution in [3.05, 3.63) is 0 Å². The molecule has 2 radical (unpaired) electrons. The van der Waals surface area contributed by atoms with Crippen LogP contribution in [0.25, 0.3) is 0 Å². The van der Waals surface area contributed by atoms with Gasteiger partial charge in [0.05, 0.1) is 0 Å². The molecule has 0 bridgehead atoms. The van der Waals surface area contributed by atoms with E-state index in [1.54, 1.807) is 0 Å². The second-order valence-electron chi connectivity index (χ2n) is 0.447. The van der Waals surface area contributed by atoms with E-state index in [4.69, 9.17) is 19.2 Å². The molecule has 0 spiro atoms. The van der Waals surface area contributed by atoms with Crippen LogP contribution in [0.5, 0.6) is 0 Å². The van der Waals surface area contributed by atoms with Gasteiger partial charge in [-0.15, -0.1) is 0 Å². The van der Waals surface area contributed by atoms with E-state index >= 15 is 0 Å². The second kappa shape index (κ2) is 5.70. The first-order chi connectivity index (χ1) is 2.00. The van der Waals surface area contributed by atoms with Gasteiger partial charge in [-0.3, -0.25) is 0 Å². The third-order valence-electron chi connectivity index (χ3n) is 0. The molecule has 0 aliphatic rings. The molecule has 0 amide bonds. The van der Waals surface area contributed by atoms with E-state index in [-0.39, 0.29) is 44.7 Å². The van der Waals surface area contributed by atoms with Gasteiger partial charge in [0.2, 0.25) is 0 Å². The third kappa shape index (κ3) is 95.7. The Hall–Kier alpha value is 1.56. The summed E-state index contributed by atoms with van der Waals surface area (Å²) in [5.41, 5.74) is 0. The first-order valence-electron chi connectivity index (χ1n) is 0.730. The van der Waals surface area contributed by atoms with E-state index in [1.807, 2.05) is 0 Å². The Kier molecular flexibility index (Phi) is 12.9. The van der Waals surface area contributed by atoms with Crippen LogP contribution in [0.3, 0.4) is 0 Å². The first kappa shape index (κ1) is 15.8. The van der Waals surface area contributed by atoms with Crippen LogP contribution in [0.1, 0.15) is 0 Å². The summed E-state index contributed by atoms with van der Waals surface area (Å²) in [7, 11) is -5.39. The van der Waals surface area contributed by atoms with Crippen molar-refractivity contribution in [3.8, 4) is 0 Å². The molecule has 0 aromatic rings. The van der Waals surface area contributed by atoms with Crippen molar-refractivity contribution in [1.82, 2.24) is 0 Å². The largest absolute Gasteiger partial charge is 3.00 e. The molecule has 0 aromatic heterocycles. The molecule has 0 aliphatic heterocycles. The molecule has 0 saturated carbocycles. The van der Waals surface area contributed by atoms with Crippen LogP contribution in [-0.4, -0.2) is 44.7 Å². The fourth-order valence-corrected chi connectivity index (χ4v) is 0. The predicted molar refractivity (Wildman–Crippen MR) is 19.1 cm³/mol. The molecule has 0 N–H and O–H groups in total. The van der Waals surface area contributed by atoms with Crippen molar-refractivity contribution >= 4 is 52.5 Å². The Morgan fingerprint density at radius 2 is 1.14 bits per heavy atom. The van der Waals surface area contributed by atoms with Crippen molar-refractivity contribution in [2.45, 2.75) is 0 Å². The number of phosphoric acid groups is 1. The summed E-state index contributed by atoms with van der Waals surface area (Å²) in [6.45, 7) is 0. The van der Waals surface area contributed by atoms with Crippen LogP contribution >= 0.6 is 7.82 Å². The van der Waals surface area contributed by atoms with Crippen LogP contribution in [0, 0.1) is 0 Å². The molecule has 0 heterocycles. The standard InChI is InChI=1S/Al.H3O4P.Pb/c;1-5(2,3)4;/h;(H3,1,2,3,4);/q+3;;+2/p-3. The molecule has 0 aromatic carbocycles. The summed E-state index contributed by atoms with van der Waals surface area (Å²) in [5, 5.41) is 0. The molecule has 0 unspecified atom stereocenters. The topological polar surface area (TPSA) is 86.2 Å². The van der Waals surface area contributed by atoms with Crippen LogP contribution in [-0.2, 0) is 4.57 Å². The minimum Gasteiger partial charge on any atom is -0.822 e. The Labute approximate surface area is 71.5 Å². The molecule has 7 heavy (non-hydrogen) atoms.